The Bertz CT molecular complexity index is 674. The molecule has 2 rings (SSSR count). The van der Waals surface area contributed by atoms with Crippen molar-refractivity contribution in [3.8, 4) is 0 Å². The molecule has 21 heavy (non-hydrogen) atoms. The molecule has 1 aromatic heterocycles. The molecule has 0 aliphatic heterocycles. The summed E-state index contributed by atoms with van der Waals surface area (Å²) in [6.45, 7) is 0. The van der Waals surface area contributed by atoms with Gasteiger partial charge in [-0.25, -0.2) is 4.68 Å². The largest absolute Gasteiger partial charge is 0.416 e. The minimum absolute atomic E-state index is 0.0345. The van der Waals surface area contributed by atoms with E-state index in [1.807, 2.05) is 0 Å². The second-order valence-corrected chi connectivity index (χ2v) is 5.30. The summed E-state index contributed by atoms with van der Waals surface area (Å²) in [6.07, 6.45) is -4.49. The zero-order valence-corrected chi connectivity index (χ0v) is 12.1. The number of rotatable bonds is 4. The van der Waals surface area contributed by atoms with Crippen LogP contribution in [0.1, 0.15) is 21.5 Å². The SMILES string of the molecule is Cn1nnnc1SCc1cc(C(F)(F)F)ccc1C(=O)Cl. The lowest BCUT2D eigenvalue weighted by molar-refractivity contribution is -0.137. The first-order valence-electron chi connectivity index (χ1n) is 5.54. The number of carbonyl (C=O) groups excluding carboxylic acids is 1. The quantitative estimate of drug-likeness (QED) is 0.634. The van der Waals surface area contributed by atoms with Crippen molar-refractivity contribution in [1.82, 2.24) is 20.2 Å². The standard InChI is InChI=1S/C11H8ClF3N4OS/c1-19-10(16-17-18-19)21-5-6-4-7(11(13,14)15)2-3-8(6)9(12)20/h2-4H,5H2,1H3. The van der Waals surface area contributed by atoms with E-state index in [-0.39, 0.29) is 16.9 Å². The van der Waals surface area contributed by atoms with Crippen molar-refractivity contribution in [2.75, 3.05) is 0 Å². The highest BCUT2D eigenvalue weighted by Gasteiger charge is 2.31. The zero-order chi connectivity index (χ0) is 15.6. The molecule has 5 nitrogen and oxygen atoms in total. The summed E-state index contributed by atoms with van der Waals surface area (Å²) in [7, 11) is 1.60. The van der Waals surface area contributed by atoms with Crippen molar-refractivity contribution in [2.45, 2.75) is 17.1 Å². The number of nitrogens with zero attached hydrogens (tertiary/aromatic N) is 4. The van der Waals surface area contributed by atoms with Gasteiger partial charge in [-0.2, -0.15) is 13.2 Å². The number of aryl methyl sites for hydroxylation is 1. The third-order valence-corrected chi connectivity index (χ3v) is 3.85. The first kappa shape index (κ1) is 15.8. The molecule has 0 radical (unpaired) electrons. The molecule has 0 atom stereocenters. The van der Waals surface area contributed by atoms with Gasteiger partial charge in [0, 0.05) is 18.4 Å². The lowest BCUT2D eigenvalue weighted by Crippen LogP contribution is -2.07. The molecule has 0 fully saturated rings. The van der Waals surface area contributed by atoms with Gasteiger partial charge in [0.2, 0.25) is 5.16 Å². The fourth-order valence-corrected chi connectivity index (χ4v) is 2.59. The number of aromatic nitrogens is 4. The van der Waals surface area contributed by atoms with Gasteiger partial charge in [0.15, 0.2) is 0 Å². The van der Waals surface area contributed by atoms with Crippen molar-refractivity contribution in [2.24, 2.45) is 7.05 Å². The van der Waals surface area contributed by atoms with Crippen molar-refractivity contribution in [1.29, 1.82) is 0 Å². The maximum Gasteiger partial charge on any atom is 0.416 e. The summed E-state index contributed by atoms with van der Waals surface area (Å²) in [5.74, 6) is 0.0892. The fourth-order valence-electron chi connectivity index (χ4n) is 1.57. The maximum absolute atomic E-state index is 12.7. The summed E-state index contributed by atoms with van der Waals surface area (Å²) in [5, 5.41) is 10.3. The smallest absolute Gasteiger partial charge is 0.276 e. The highest BCUT2D eigenvalue weighted by atomic mass is 35.5. The molecule has 0 bridgehead atoms. The van der Waals surface area contributed by atoms with E-state index < -0.39 is 17.0 Å². The number of alkyl halides is 3. The molecule has 0 aliphatic carbocycles. The predicted octanol–water partition coefficient (Wildman–Crippen LogP) is 2.90. The molecule has 0 amide bonds. The minimum Gasteiger partial charge on any atom is -0.276 e. The number of benzene rings is 1. The van der Waals surface area contributed by atoms with E-state index in [2.05, 4.69) is 15.5 Å². The summed E-state index contributed by atoms with van der Waals surface area (Å²) in [5.41, 5.74) is -0.624. The summed E-state index contributed by atoms with van der Waals surface area (Å²) in [6, 6.07) is 2.81. The van der Waals surface area contributed by atoms with Crippen LogP contribution < -0.4 is 0 Å². The van der Waals surface area contributed by atoms with Gasteiger partial charge < -0.3 is 0 Å². The van der Waals surface area contributed by atoms with Crippen LogP contribution in [0.5, 0.6) is 0 Å². The monoisotopic (exact) mass is 336 g/mol. The molecular formula is C11H8ClF3N4OS. The van der Waals surface area contributed by atoms with Crippen LogP contribution in [0.25, 0.3) is 0 Å². The average Bonchev–Trinajstić information content (AvgIpc) is 2.80. The van der Waals surface area contributed by atoms with Crippen LogP contribution in [-0.2, 0) is 19.0 Å². The van der Waals surface area contributed by atoms with E-state index in [0.717, 1.165) is 30.0 Å². The second kappa shape index (κ2) is 6.02. The Kier molecular flexibility index (Phi) is 4.52. The van der Waals surface area contributed by atoms with Gasteiger partial charge in [0.05, 0.1) is 5.56 Å². The van der Waals surface area contributed by atoms with Crippen molar-refractivity contribution >= 4 is 28.6 Å². The summed E-state index contributed by atoms with van der Waals surface area (Å²) in [4.78, 5) is 11.3. The third kappa shape index (κ3) is 3.73. The van der Waals surface area contributed by atoms with Gasteiger partial charge in [-0.1, -0.05) is 11.8 Å². The van der Waals surface area contributed by atoms with Crippen molar-refractivity contribution in [3.05, 3.63) is 34.9 Å². The van der Waals surface area contributed by atoms with Crippen molar-refractivity contribution < 1.29 is 18.0 Å². The van der Waals surface area contributed by atoms with Gasteiger partial charge in [-0.05, 0) is 45.8 Å². The zero-order valence-electron chi connectivity index (χ0n) is 10.6. The number of halogens is 4. The Morgan fingerprint density at radius 1 is 1.43 bits per heavy atom. The Hall–Kier alpha value is -1.61. The predicted molar refractivity (Wildman–Crippen MR) is 70.0 cm³/mol. The highest BCUT2D eigenvalue weighted by Crippen LogP contribution is 2.32. The Balaban J connectivity index is 2.31. The highest BCUT2D eigenvalue weighted by molar-refractivity contribution is 7.98. The van der Waals surface area contributed by atoms with Crippen LogP contribution in [0.2, 0.25) is 0 Å². The first-order chi connectivity index (χ1) is 9.79. The molecule has 0 aliphatic rings. The van der Waals surface area contributed by atoms with Gasteiger partial charge in [0.1, 0.15) is 0 Å². The van der Waals surface area contributed by atoms with Crippen LogP contribution in [0.4, 0.5) is 13.2 Å². The Morgan fingerprint density at radius 2 is 2.14 bits per heavy atom. The van der Waals surface area contributed by atoms with Crippen LogP contribution in [0, 0.1) is 0 Å². The topological polar surface area (TPSA) is 60.7 Å². The van der Waals surface area contributed by atoms with Gasteiger partial charge in [0.25, 0.3) is 5.24 Å². The van der Waals surface area contributed by atoms with Crippen LogP contribution >= 0.6 is 23.4 Å². The van der Waals surface area contributed by atoms with E-state index in [1.54, 1.807) is 7.05 Å². The Labute approximate surface area is 126 Å². The lowest BCUT2D eigenvalue weighted by atomic mass is 10.1. The molecular weight excluding hydrogens is 329 g/mol. The molecule has 1 heterocycles. The lowest BCUT2D eigenvalue weighted by Gasteiger charge is -2.11. The number of carbonyl (C=O) groups is 1. The van der Waals surface area contributed by atoms with Crippen LogP contribution in [0.3, 0.4) is 0 Å². The van der Waals surface area contributed by atoms with E-state index in [0.29, 0.717) is 5.16 Å². The molecule has 0 unspecified atom stereocenters. The molecule has 0 saturated heterocycles. The molecule has 1 aromatic carbocycles. The van der Waals surface area contributed by atoms with E-state index in [1.165, 1.54) is 4.68 Å². The molecule has 0 spiro atoms. The van der Waals surface area contributed by atoms with E-state index in [4.69, 9.17) is 11.6 Å². The molecule has 112 valence electrons. The van der Waals surface area contributed by atoms with Gasteiger partial charge >= 0.3 is 6.18 Å². The minimum atomic E-state index is -4.49. The van der Waals surface area contributed by atoms with Crippen LogP contribution in [-0.4, -0.2) is 25.4 Å². The summed E-state index contributed by atoms with van der Waals surface area (Å²) >= 11 is 6.50. The maximum atomic E-state index is 12.7. The van der Waals surface area contributed by atoms with E-state index >= 15 is 0 Å². The van der Waals surface area contributed by atoms with Crippen LogP contribution in [0.15, 0.2) is 23.4 Å². The number of hydrogen-bond donors (Lipinski definition) is 0. The molecule has 0 saturated carbocycles. The third-order valence-electron chi connectivity index (χ3n) is 2.58. The van der Waals surface area contributed by atoms with Gasteiger partial charge in [-0.15, -0.1) is 5.10 Å². The van der Waals surface area contributed by atoms with E-state index in [9.17, 15) is 18.0 Å². The number of hydrogen-bond acceptors (Lipinski definition) is 5. The Morgan fingerprint density at radius 3 is 2.67 bits per heavy atom. The summed E-state index contributed by atoms with van der Waals surface area (Å²) < 4.78 is 39.5. The normalized spacial score (nSPS) is 11.7. The van der Waals surface area contributed by atoms with Crippen molar-refractivity contribution in [3.63, 3.8) is 0 Å². The van der Waals surface area contributed by atoms with Gasteiger partial charge in [-0.3, -0.25) is 4.79 Å². The molecule has 2 aromatic rings. The molecule has 10 heteroatoms. The second-order valence-electron chi connectivity index (χ2n) is 4.02. The average molecular weight is 337 g/mol. The molecule has 0 N–H and O–H groups in total. The number of tetrazole rings is 1. The number of thioether (sulfide) groups is 1. The first-order valence-corrected chi connectivity index (χ1v) is 6.90. The fraction of sp³-hybridized carbons (Fsp3) is 0.273.